The van der Waals surface area contributed by atoms with Crippen LogP contribution in [0.4, 0.5) is 0 Å². The molecule has 0 fully saturated rings. The zero-order valence-electron chi connectivity index (χ0n) is 9.43. The van der Waals surface area contributed by atoms with E-state index in [1.54, 1.807) is 12.1 Å². The zero-order chi connectivity index (χ0) is 11.3. The Kier molecular flexibility index (Phi) is 4.59. The summed E-state index contributed by atoms with van der Waals surface area (Å²) < 4.78 is 10.9. The van der Waals surface area contributed by atoms with Gasteiger partial charge in [0.15, 0.2) is 6.29 Å². The van der Waals surface area contributed by atoms with Crippen LogP contribution < -0.4 is 0 Å². The van der Waals surface area contributed by atoms with Crippen molar-refractivity contribution in [1.82, 2.24) is 0 Å². The first-order valence-corrected chi connectivity index (χ1v) is 5.13. The smallest absolute Gasteiger partial charge is 0.155 e. The monoisotopic (exact) mass is 210 g/mol. The maximum Gasteiger partial charge on any atom is 0.155 e. The van der Waals surface area contributed by atoms with Crippen molar-refractivity contribution in [2.75, 3.05) is 0 Å². The minimum Gasteiger partial charge on any atom is -0.508 e. The third-order valence-electron chi connectivity index (χ3n) is 1.88. The molecule has 0 aliphatic carbocycles. The Bertz CT molecular complexity index is 279. The van der Waals surface area contributed by atoms with Crippen LogP contribution in [0.2, 0.25) is 0 Å². The Morgan fingerprint density at radius 1 is 1.13 bits per heavy atom. The lowest BCUT2D eigenvalue weighted by molar-refractivity contribution is -0.157. The molecular formula is C12H18O3. The first-order chi connectivity index (χ1) is 7.08. The topological polar surface area (TPSA) is 38.7 Å². The minimum absolute atomic E-state index is 0.166. The van der Waals surface area contributed by atoms with E-state index < -0.39 is 0 Å². The summed E-state index contributed by atoms with van der Waals surface area (Å²) in [5, 5.41) is 9.09. The summed E-state index contributed by atoms with van der Waals surface area (Å²) in [4.78, 5) is 0. The molecule has 1 unspecified atom stereocenters. The second kappa shape index (κ2) is 5.73. The van der Waals surface area contributed by atoms with E-state index in [0.717, 1.165) is 5.56 Å². The maximum atomic E-state index is 9.09. The second-order valence-electron chi connectivity index (χ2n) is 3.73. The predicted molar refractivity (Wildman–Crippen MR) is 58.6 cm³/mol. The van der Waals surface area contributed by atoms with Gasteiger partial charge in [0, 0.05) is 0 Å². The van der Waals surface area contributed by atoms with E-state index in [9.17, 15) is 0 Å². The van der Waals surface area contributed by atoms with Crippen LogP contribution in [0.15, 0.2) is 24.3 Å². The van der Waals surface area contributed by atoms with E-state index in [4.69, 9.17) is 14.6 Å². The van der Waals surface area contributed by atoms with Gasteiger partial charge in [0.25, 0.3) is 0 Å². The molecule has 0 aliphatic heterocycles. The van der Waals surface area contributed by atoms with Crippen molar-refractivity contribution in [3.63, 3.8) is 0 Å². The summed E-state index contributed by atoms with van der Waals surface area (Å²) in [6, 6.07) is 6.95. The first kappa shape index (κ1) is 12.0. The van der Waals surface area contributed by atoms with Crippen LogP contribution in [0.5, 0.6) is 5.75 Å². The molecular weight excluding hydrogens is 192 g/mol. The molecule has 0 saturated heterocycles. The third kappa shape index (κ3) is 4.81. The van der Waals surface area contributed by atoms with Crippen LogP contribution >= 0.6 is 0 Å². The number of rotatable bonds is 5. The van der Waals surface area contributed by atoms with Gasteiger partial charge in [-0.25, -0.2) is 0 Å². The zero-order valence-corrected chi connectivity index (χ0v) is 9.43. The summed E-state index contributed by atoms with van der Waals surface area (Å²) in [7, 11) is 0. The quantitative estimate of drug-likeness (QED) is 0.759. The summed E-state index contributed by atoms with van der Waals surface area (Å²) in [5.41, 5.74) is 1.02. The normalized spacial score (nSPS) is 13.1. The molecule has 0 amide bonds. The van der Waals surface area contributed by atoms with Gasteiger partial charge in [-0.2, -0.15) is 0 Å². The average Bonchev–Trinajstić information content (AvgIpc) is 2.16. The minimum atomic E-state index is -0.209. The molecule has 0 bridgehead atoms. The molecule has 0 aromatic heterocycles. The Morgan fingerprint density at radius 3 is 2.27 bits per heavy atom. The molecule has 0 saturated carbocycles. The lowest BCUT2D eigenvalue weighted by Crippen LogP contribution is -2.17. The van der Waals surface area contributed by atoms with E-state index >= 15 is 0 Å². The number of hydrogen-bond acceptors (Lipinski definition) is 3. The summed E-state index contributed by atoms with van der Waals surface area (Å²) in [6.07, 6.45) is -0.0429. The fourth-order valence-electron chi connectivity index (χ4n) is 1.23. The number of hydrogen-bond donors (Lipinski definition) is 1. The molecule has 15 heavy (non-hydrogen) atoms. The third-order valence-corrected chi connectivity index (χ3v) is 1.88. The van der Waals surface area contributed by atoms with Gasteiger partial charge < -0.3 is 14.6 Å². The molecule has 3 nitrogen and oxygen atoms in total. The van der Waals surface area contributed by atoms with Crippen LogP contribution in [0.25, 0.3) is 0 Å². The average molecular weight is 210 g/mol. The van der Waals surface area contributed by atoms with Gasteiger partial charge in [0.05, 0.1) is 12.7 Å². The van der Waals surface area contributed by atoms with Gasteiger partial charge in [0.1, 0.15) is 5.75 Å². The Hall–Kier alpha value is -1.06. The van der Waals surface area contributed by atoms with Crippen molar-refractivity contribution in [3.05, 3.63) is 29.8 Å². The van der Waals surface area contributed by atoms with E-state index in [1.165, 1.54) is 0 Å². The summed E-state index contributed by atoms with van der Waals surface area (Å²) >= 11 is 0. The van der Waals surface area contributed by atoms with E-state index in [1.807, 2.05) is 32.9 Å². The molecule has 1 aromatic carbocycles. The maximum absolute atomic E-state index is 9.09. The molecule has 1 aromatic rings. The molecule has 0 aliphatic rings. The van der Waals surface area contributed by atoms with Crippen molar-refractivity contribution >= 4 is 0 Å². The van der Waals surface area contributed by atoms with E-state index in [-0.39, 0.29) is 18.1 Å². The number of phenols is 1. The fraction of sp³-hybridized carbons (Fsp3) is 0.500. The Labute approximate surface area is 90.6 Å². The van der Waals surface area contributed by atoms with Crippen LogP contribution in [0.3, 0.4) is 0 Å². The van der Waals surface area contributed by atoms with Crippen molar-refractivity contribution < 1.29 is 14.6 Å². The van der Waals surface area contributed by atoms with Crippen molar-refractivity contribution in [2.45, 2.75) is 39.8 Å². The van der Waals surface area contributed by atoms with Crippen LogP contribution in [-0.4, -0.2) is 17.5 Å². The van der Waals surface area contributed by atoms with Gasteiger partial charge >= 0.3 is 0 Å². The molecule has 0 spiro atoms. The number of benzene rings is 1. The summed E-state index contributed by atoms with van der Waals surface area (Å²) in [6.45, 7) is 6.31. The Morgan fingerprint density at radius 2 is 1.73 bits per heavy atom. The van der Waals surface area contributed by atoms with E-state index in [2.05, 4.69) is 0 Å². The van der Waals surface area contributed by atoms with Crippen molar-refractivity contribution in [3.8, 4) is 5.75 Å². The van der Waals surface area contributed by atoms with Gasteiger partial charge in [0.2, 0.25) is 0 Å². The molecule has 3 heteroatoms. The van der Waals surface area contributed by atoms with Crippen molar-refractivity contribution in [1.29, 1.82) is 0 Å². The molecule has 0 heterocycles. The SMILES string of the molecule is CC(C)OC(C)OCc1ccc(O)cc1. The number of ether oxygens (including phenoxy) is 2. The van der Waals surface area contributed by atoms with Gasteiger partial charge in [-0.05, 0) is 38.5 Å². The van der Waals surface area contributed by atoms with Crippen LogP contribution in [0.1, 0.15) is 26.3 Å². The highest BCUT2D eigenvalue weighted by molar-refractivity contribution is 5.25. The lowest BCUT2D eigenvalue weighted by atomic mass is 10.2. The molecule has 1 atom stereocenters. The predicted octanol–water partition coefficient (Wildman–Crippen LogP) is 2.68. The highest BCUT2D eigenvalue weighted by atomic mass is 16.7. The molecule has 84 valence electrons. The highest BCUT2D eigenvalue weighted by Crippen LogP contribution is 2.11. The standard InChI is InChI=1S/C12H18O3/c1-9(2)15-10(3)14-8-11-4-6-12(13)7-5-11/h4-7,9-10,13H,8H2,1-3H3. The van der Waals surface area contributed by atoms with Gasteiger partial charge in [-0.15, -0.1) is 0 Å². The molecule has 1 rings (SSSR count). The van der Waals surface area contributed by atoms with Gasteiger partial charge in [-0.3, -0.25) is 0 Å². The molecule has 0 radical (unpaired) electrons. The van der Waals surface area contributed by atoms with E-state index in [0.29, 0.717) is 6.61 Å². The summed E-state index contributed by atoms with van der Waals surface area (Å²) in [5.74, 6) is 0.269. The van der Waals surface area contributed by atoms with Crippen molar-refractivity contribution in [2.24, 2.45) is 0 Å². The highest BCUT2D eigenvalue weighted by Gasteiger charge is 2.04. The van der Waals surface area contributed by atoms with Crippen LogP contribution in [-0.2, 0) is 16.1 Å². The number of phenolic OH excluding ortho intramolecular Hbond substituents is 1. The Balaban J connectivity index is 2.33. The number of aromatic hydroxyl groups is 1. The second-order valence-corrected chi connectivity index (χ2v) is 3.73. The molecule has 1 N–H and O–H groups in total. The van der Waals surface area contributed by atoms with Gasteiger partial charge in [-0.1, -0.05) is 12.1 Å². The first-order valence-electron chi connectivity index (χ1n) is 5.13. The fourth-order valence-corrected chi connectivity index (χ4v) is 1.23. The lowest BCUT2D eigenvalue weighted by Gasteiger charge is -2.16. The van der Waals surface area contributed by atoms with Crippen LogP contribution in [0, 0.1) is 0 Å². The largest absolute Gasteiger partial charge is 0.508 e.